The van der Waals surface area contributed by atoms with Crippen molar-refractivity contribution in [3.8, 4) is 0 Å². The van der Waals surface area contributed by atoms with Crippen LogP contribution in [0.3, 0.4) is 0 Å². The third-order valence-corrected chi connectivity index (χ3v) is 3.31. The van der Waals surface area contributed by atoms with Gasteiger partial charge < -0.3 is 14.8 Å². The lowest BCUT2D eigenvalue weighted by molar-refractivity contribution is -0.153. The largest absolute Gasteiger partial charge is 0.464 e. The summed E-state index contributed by atoms with van der Waals surface area (Å²) in [6, 6.07) is 7.98. The minimum absolute atomic E-state index is 0.226. The Morgan fingerprint density at radius 2 is 2.37 bits per heavy atom. The maximum Gasteiger partial charge on any atom is 0.334 e. The van der Waals surface area contributed by atoms with E-state index in [0.717, 1.165) is 24.1 Å². The van der Waals surface area contributed by atoms with Crippen LogP contribution in [0.15, 0.2) is 24.3 Å². The maximum atomic E-state index is 12.2. The third kappa shape index (κ3) is 3.26. The van der Waals surface area contributed by atoms with Gasteiger partial charge in [0.1, 0.15) is 0 Å². The van der Waals surface area contributed by atoms with Crippen LogP contribution in [0, 0.1) is 6.92 Å². The zero-order valence-electron chi connectivity index (χ0n) is 11.6. The van der Waals surface area contributed by atoms with Crippen LogP contribution in [0.5, 0.6) is 0 Å². The zero-order valence-corrected chi connectivity index (χ0v) is 11.6. The molecule has 2 rings (SSSR count). The standard InChI is InChI=1S/C15H21NO3/c1-3-19-14(17)15(8-5-9-18-11-15)16-13-7-4-6-12(2)10-13/h4,6-7,10,16H,3,5,8-9,11H2,1-2H3. The second kappa shape index (κ2) is 6.06. The first-order valence-electron chi connectivity index (χ1n) is 6.76. The highest BCUT2D eigenvalue weighted by atomic mass is 16.5. The Morgan fingerprint density at radius 1 is 1.53 bits per heavy atom. The highest BCUT2D eigenvalue weighted by molar-refractivity contribution is 5.85. The average Bonchev–Trinajstić information content (AvgIpc) is 2.40. The minimum atomic E-state index is -0.748. The molecule has 1 heterocycles. The van der Waals surface area contributed by atoms with Crippen molar-refractivity contribution in [2.24, 2.45) is 0 Å². The highest BCUT2D eigenvalue weighted by Gasteiger charge is 2.42. The van der Waals surface area contributed by atoms with Gasteiger partial charge in [-0.3, -0.25) is 0 Å². The number of hydrogen-bond donors (Lipinski definition) is 1. The van der Waals surface area contributed by atoms with E-state index in [1.807, 2.05) is 38.1 Å². The molecule has 0 saturated carbocycles. The number of carbonyl (C=O) groups is 1. The van der Waals surface area contributed by atoms with E-state index in [-0.39, 0.29) is 5.97 Å². The SMILES string of the molecule is CCOC(=O)C1(Nc2cccc(C)c2)CCCOC1. The Labute approximate surface area is 114 Å². The molecule has 1 aliphatic heterocycles. The molecule has 1 fully saturated rings. The lowest BCUT2D eigenvalue weighted by atomic mass is 9.92. The van der Waals surface area contributed by atoms with Gasteiger partial charge in [0.05, 0.1) is 13.2 Å². The van der Waals surface area contributed by atoms with Crippen LogP contribution in [-0.4, -0.2) is 31.3 Å². The molecule has 104 valence electrons. The van der Waals surface area contributed by atoms with Crippen molar-refractivity contribution in [1.29, 1.82) is 0 Å². The molecular weight excluding hydrogens is 242 g/mol. The van der Waals surface area contributed by atoms with E-state index in [2.05, 4.69) is 5.32 Å². The van der Waals surface area contributed by atoms with Gasteiger partial charge in [-0.1, -0.05) is 12.1 Å². The van der Waals surface area contributed by atoms with Crippen LogP contribution < -0.4 is 5.32 Å². The van der Waals surface area contributed by atoms with Crippen LogP contribution in [0.2, 0.25) is 0 Å². The fraction of sp³-hybridized carbons (Fsp3) is 0.533. The Balaban J connectivity index is 2.20. The highest BCUT2D eigenvalue weighted by Crippen LogP contribution is 2.26. The summed E-state index contributed by atoms with van der Waals surface area (Å²) < 4.78 is 10.7. The van der Waals surface area contributed by atoms with Gasteiger partial charge in [-0.25, -0.2) is 4.79 Å². The summed E-state index contributed by atoms with van der Waals surface area (Å²) in [4.78, 5) is 12.2. The summed E-state index contributed by atoms with van der Waals surface area (Å²) in [5.41, 5.74) is 1.33. The number of hydrogen-bond acceptors (Lipinski definition) is 4. The smallest absolute Gasteiger partial charge is 0.334 e. The molecule has 0 aromatic heterocycles. The summed E-state index contributed by atoms with van der Waals surface area (Å²) in [7, 11) is 0. The number of aryl methyl sites for hydroxylation is 1. The summed E-state index contributed by atoms with van der Waals surface area (Å²) in [5, 5.41) is 3.32. The molecule has 4 nitrogen and oxygen atoms in total. The molecule has 19 heavy (non-hydrogen) atoms. The lowest BCUT2D eigenvalue weighted by Crippen LogP contribution is -2.53. The van der Waals surface area contributed by atoms with Crippen LogP contribution in [-0.2, 0) is 14.3 Å². The topological polar surface area (TPSA) is 47.6 Å². The second-order valence-corrected chi connectivity index (χ2v) is 4.95. The normalized spacial score (nSPS) is 22.8. The van der Waals surface area contributed by atoms with E-state index >= 15 is 0 Å². The maximum absolute atomic E-state index is 12.2. The van der Waals surface area contributed by atoms with Gasteiger partial charge in [0, 0.05) is 12.3 Å². The van der Waals surface area contributed by atoms with E-state index in [1.165, 1.54) is 0 Å². The van der Waals surface area contributed by atoms with E-state index in [0.29, 0.717) is 19.8 Å². The van der Waals surface area contributed by atoms with Gasteiger partial charge in [-0.15, -0.1) is 0 Å². The Kier molecular flexibility index (Phi) is 4.43. The molecule has 0 radical (unpaired) electrons. The number of ether oxygens (including phenoxy) is 2. The average molecular weight is 263 g/mol. The molecule has 1 aromatic carbocycles. The van der Waals surface area contributed by atoms with Crippen molar-refractivity contribution in [1.82, 2.24) is 0 Å². The molecular formula is C15H21NO3. The summed E-state index contributed by atoms with van der Waals surface area (Å²) in [5.74, 6) is -0.226. The van der Waals surface area contributed by atoms with Crippen molar-refractivity contribution < 1.29 is 14.3 Å². The molecule has 1 N–H and O–H groups in total. The number of nitrogens with one attached hydrogen (secondary N) is 1. The Morgan fingerprint density at radius 3 is 3.00 bits per heavy atom. The molecule has 1 aliphatic rings. The number of esters is 1. The van der Waals surface area contributed by atoms with Crippen LogP contribution in [0.4, 0.5) is 5.69 Å². The first-order valence-corrected chi connectivity index (χ1v) is 6.76. The fourth-order valence-corrected chi connectivity index (χ4v) is 2.37. The van der Waals surface area contributed by atoms with Crippen LogP contribution in [0.1, 0.15) is 25.3 Å². The molecule has 0 aliphatic carbocycles. The number of carbonyl (C=O) groups excluding carboxylic acids is 1. The number of benzene rings is 1. The molecule has 1 aromatic rings. The van der Waals surface area contributed by atoms with Gasteiger partial charge in [-0.2, -0.15) is 0 Å². The van der Waals surface area contributed by atoms with E-state index in [4.69, 9.17) is 9.47 Å². The molecule has 0 bridgehead atoms. The van der Waals surface area contributed by atoms with Gasteiger partial charge in [0.25, 0.3) is 0 Å². The van der Waals surface area contributed by atoms with Gasteiger partial charge in [0.15, 0.2) is 5.54 Å². The molecule has 1 unspecified atom stereocenters. The molecule has 4 heteroatoms. The predicted octanol–water partition coefficient (Wildman–Crippen LogP) is 2.52. The summed E-state index contributed by atoms with van der Waals surface area (Å²) in [6.07, 6.45) is 1.59. The Hall–Kier alpha value is -1.55. The zero-order chi connectivity index (χ0) is 13.7. The molecule has 0 amide bonds. The van der Waals surface area contributed by atoms with Crippen LogP contribution >= 0.6 is 0 Å². The second-order valence-electron chi connectivity index (χ2n) is 4.95. The van der Waals surface area contributed by atoms with Gasteiger partial charge in [-0.05, 0) is 44.4 Å². The van der Waals surface area contributed by atoms with Gasteiger partial charge >= 0.3 is 5.97 Å². The molecule has 1 atom stereocenters. The van der Waals surface area contributed by atoms with Crippen molar-refractivity contribution >= 4 is 11.7 Å². The van der Waals surface area contributed by atoms with Gasteiger partial charge in [0.2, 0.25) is 0 Å². The van der Waals surface area contributed by atoms with Crippen molar-refractivity contribution in [3.63, 3.8) is 0 Å². The van der Waals surface area contributed by atoms with Crippen LogP contribution in [0.25, 0.3) is 0 Å². The monoisotopic (exact) mass is 263 g/mol. The van der Waals surface area contributed by atoms with E-state index in [1.54, 1.807) is 0 Å². The summed E-state index contributed by atoms with van der Waals surface area (Å²) >= 11 is 0. The van der Waals surface area contributed by atoms with Crippen molar-refractivity contribution in [3.05, 3.63) is 29.8 Å². The quantitative estimate of drug-likeness (QED) is 0.848. The first kappa shape index (κ1) is 13.9. The Bertz CT molecular complexity index is 439. The number of rotatable bonds is 4. The van der Waals surface area contributed by atoms with Crippen molar-refractivity contribution in [2.75, 3.05) is 25.1 Å². The first-order chi connectivity index (χ1) is 9.16. The summed E-state index contributed by atoms with van der Waals surface area (Å²) in [6.45, 7) is 5.30. The van der Waals surface area contributed by atoms with E-state index in [9.17, 15) is 4.79 Å². The molecule has 1 saturated heterocycles. The lowest BCUT2D eigenvalue weighted by Gasteiger charge is -2.36. The fourth-order valence-electron chi connectivity index (χ4n) is 2.37. The predicted molar refractivity (Wildman–Crippen MR) is 74.2 cm³/mol. The molecule has 0 spiro atoms. The van der Waals surface area contributed by atoms with Crippen molar-refractivity contribution in [2.45, 2.75) is 32.2 Å². The van der Waals surface area contributed by atoms with E-state index < -0.39 is 5.54 Å². The minimum Gasteiger partial charge on any atom is -0.464 e. The third-order valence-electron chi connectivity index (χ3n) is 3.31. The number of anilines is 1.